The minimum Gasteiger partial charge on any atom is -0.488 e. The van der Waals surface area contributed by atoms with Gasteiger partial charge in [0, 0.05) is 23.0 Å². The first-order valence-corrected chi connectivity index (χ1v) is 4.91. The highest BCUT2D eigenvalue weighted by Gasteiger charge is 2.25. The number of hydrogen-bond acceptors (Lipinski definition) is 3. The van der Waals surface area contributed by atoms with Crippen LogP contribution in [0.15, 0.2) is 18.2 Å². The monoisotopic (exact) mass is 213 g/mol. The van der Waals surface area contributed by atoms with Crippen LogP contribution in [-0.2, 0) is 0 Å². The van der Waals surface area contributed by atoms with E-state index < -0.39 is 0 Å². The Balaban J connectivity index is 2.35. The molecule has 0 bridgehead atoms. The molecule has 0 spiro atoms. The van der Waals surface area contributed by atoms with Gasteiger partial charge in [0.15, 0.2) is 0 Å². The number of hydrogen-bond donors (Lipinski definition) is 2. The average Bonchev–Trinajstić information content (AvgIpc) is 2.19. The number of benzene rings is 1. The molecular weight excluding hydrogens is 202 g/mol. The molecule has 2 rings (SSSR count). The fraction of sp³-hybridized carbons (Fsp3) is 0.400. The second kappa shape index (κ2) is 3.77. The minimum absolute atomic E-state index is 0.00420. The van der Waals surface area contributed by atoms with Gasteiger partial charge >= 0.3 is 0 Å². The number of fused-ring (bicyclic) bond motifs is 1. The Hall–Kier alpha value is -0.770. The van der Waals surface area contributed by atoms with Crippen molar-refractivity contribution in [3.63, 3.8) is 0 Å². The molecule has 0 aromatic heterocycles. The fourth-order valence-corrected chi connectivity index (χ4v) is 1.85. The van der Waals surface area contributed by atoms with Gasteiger partial charge in [-0.05, 0) is 18.2 Å². The van der Waals surface area contributed by atoms with E-state index in [0.29, 0.717) is 11.4 Å². The van der Waals surface area contributed by atoms with Crippen molar-refractivity contribution in [3.05, 3.63) is 28.8 Å². The Kier molecular flexibility index (Phi) is 2.63. The van der Waals surface area contributed by atoms with Gasteiger partial charge in [0.05, 0.1) is 6.61 Å². The van der Waals surface area contributed by atoms with Gasteiger partial charge in [-0.3, -0.25) is 0 Å². The maximum Gasteiger partial charge on any atom is 0.124 e. The van der Waals surface area contributed by atoms with E-state index in [2.05, 4.69) is 0 Å². The topological polar surface area (TPSA) is 55.5 Å². The van der Waals surface area contributed by atoms with Crippen molar-refractivity contribution >= 4 is 11.6 Å². The zero-order valence-corrected chi connectivity index (χ0v) is 8.37. The van der Waals surface area contributed by atoms with Gasteiger partial charge in [0.2, 0.25) is 0 Å². The molecule has 1 aliphatic heterocycles. The number of nitrogens with two attached hydrogens (primary N) is 1. The molecule has 1 aromatic rings. The van der Waals surface area contributed by atoms with Crippen LogP contribution < -0.4 is 10.5 Å². The van der Waals surface area contributed by atoms with Crippen LogP contribution >= 0.6 is 11.6 Å². The van der Waals surface area contributed by atoms with Crippen molar-refractivity contribution in [2.75, 3.05) is 6.61 Å². The molecule has 3 nitrogen and oxygen atoms in total. The summed E-state index contributed by atoms with van der Waals surface area (Å²) in [5.41, 5.74) is 6.85. The SMILES string of the molecule is N[C@@H]1CC(CO)Oc2ccc(Cl)cc21. The lowest BCUT2D eigenvalue weighted by Crippen LogP contribution is -2.31. The molecule has 0 saturated carbocycles. The molecule has 76 valence electrons. The van der Waals surface area contributed by atoms with Crippen molar-refractivity contribution in [2.24, 2.45) is 5.73 Å². The predicted molar refractivity (Wildman–Crippen MR) is 54.5 cm³/mol. The molecule has 1 heterocycles. The highest BCUT2D eigenvalue weighted by Crippen LogP contribution is 2.34. The number of rotatable bonds is 1. The lowest BCUT2D eigenvalue weighted by molar-refractivity contribution is 0.0889. The lowest BCUT2D eigenvalue weighted by atomic mass is 9.98. The third-order valence-electron chi connectivity index (χ3n) is 2.39. The van der Waals surface area contributed by atoms with Crippen LogP contribution in [0.4, 0.5) is 0 Å². The highest BCUT2D eigenvalue weighted by atomic mass is 35.5. The summed E-state index contributed by atoms with van der Waals surface area (Å²) in [4.78, 5) is 0. The maximum atomic E-state index is 8.98. The van der Waals surface area contributed by atoms with E-state index in [9.17, 15) is 0 Å². The van der Waals surface area contributed by atoms with Gasteiger partial charge in [0.25, 0.3) is 0 Å². The second-order valence-electron chi connectivity index (χ2n) is 3.45. The molecule has 1 aliphatic rings. The fourth-order valence-electron chi connectivity index (χ4n) is 1.67. The van der Waals surface area contributed by atoms with Crippen molar-refractivity contribution in [2.45, 2.75) is 18.6 Å². The van der Waals surface area contributed by atoms with Crippen molar-refractivity contribution in [1.29, 1.82) is 0 Å². The Bertz CT molecular complexity index is 343. The number of aliphatic hydroxyl groups is 1. The second-order valence-corrected chi connectivity index (χ2v) is 3.88. The van der Waals surface area contributed by atoms with E-state index in [-0.39, 0.29) is 18.8 Å². The van der Waals surface area contributed by atoms with Crippen LogP contribution in [0.1, 0.15) is 18.0 Å². The van der Waals surface area contributed by atoms with Gasteiger partial charge in [-0.1, -0.05) is 11.6 Å². The van der Waals surface area contributed by atoms with Crippen molar-refractivity contribution < 1.29 is 9.84 Å². The van der Waals surface area contributed by atoms with E-state index >= 15 is 0 Å². The van der Waals surface area contributed by atoms with Crippen LogP contribution in [0.5, 0.6) is 5.75 Å². The third-order valence-corrected chi connectivity index (χ3v) is 2.62. The Morgan fingerprint density at radius 3 is 3.07 bits per heavy atom. The zero-order chi connectivity index (χ0) is 10.1. The van der Waals surface area contributed by atoms with Gasteiger partial charge in [-0.2, -0.15) is 0 Å². The first kappa shape index (κ1) is 9.77. The molecular formula is C10H12ClNO2. The predicted octanol–water partition coefficient (Wildman–Crippen LogP) is 1.48. The zero-order valence-electron chi connectivity index (χ0n) is 7.61. The molecule has 0 saturated heterocycles. The Morgan fingerprint density at radius 1 is 1.57 bits per heavy atom. The Morgan fingerprint density at radius 2 is 2.36 bits per heavy atom. The Labute approximate surface area is 87.4 Å². The third kappa shape index (κ3) is 1.71. The van der Waals surface area contributed by atoms with Crippen LogP contribution in [0.3, 0.4) is 0 Å². The molecule has 1 unspecified atom stereocenters. The van der Waals surface area contributed by atoms with E-state index in [1.54, 1.807) is 12.1 Å². The van der Waals surface area contributed by atoms with Crippen LogP contribution in [0, 0.1) is 0 Å². The summed E-state index contributed by atoms with van der Waals surface area (Å²) >= 11 is 5.85. The summed E-state index contributed by atoms with van der Waals surface area (Å²) in [6, 6.07) is 5.26. The van der Waals surface area contributed by atoms with Gasteiger partial charge in [-0.25, -0.2) is 0 Å². The van der Waals surface area contributed by atoms with E-state index in [1.165, 1.54) is 0 Å². The molecule has 1 aromatic carbocycles. The number of ether oxygens (including phenoxy) is 1. The van der Waals surface area contributed by atoms with E-state index in [1.807, 2.05) is 6.07 Å². The van der Waals surface area contributed by atoms with E-state index in [0.717, 1.165) is 11.3 Å². The summed E-state index contributed by atoms with van der Waals surface area (Å²) in [6.45, 7) is -0.00420. The van der Waals surface area contributed by atoms with Gasteiger partial charge < -0.3 is 15.6 Å². The smallest absolute Gasteiger partial charge is 0.124 e. The summed E-state index contributed by atoms with van der Waals surface area (Å²) < 4.78 is 5.52. The summed E-state index contributed by atoms with van der Waals surface area (Å²) in [5, 5.41) is 9.64. The molecule has 4 heteroatoms. The highest BCUT2D eigenvalue weighted by molar-refractivity contribution is 6.30. The first-order chi connectivity index (χ1) is 6.70. The number of halogens is 1. The van der Waals surface area contributed by atoms with Crippen LogP contribution in [0.2, 0.25) is 5.02 Å². The van der Waals surface area contributed by atoms with Gasteiger partial charge in [0.1, 0.15) is 11.9 Å². The molecule has 0 fully saturated rings. The summed E-state index contributed by atoms with van der Waals surface area (Å²) in [7, 11) is 0. The number of aliphatic hydroxyl groups excluding tert-OH is 1. The standard InChI is InChI=1S/C10H12ClNO2/c11-6-1-2-10-8(3-6)9(12)4-7(5-13)14-10/h1-3,7,9,13H,4-5,12H2/t7?,9-/m1/s1. The quantitative estimate of drug-likeness (QED) is 0.743. The van der Waals surface area contributed by atoms with Crippen LogP contribution in [0.25, 0.3) is 0 Å². The summed E-state index contributed by atoms with van der Waals surface area (Å²) in [6.07, 6.45) is 0.433. The summed E-state index contributed by atoms with van der Waals surface area (Å²) in [5.74, 6) is 0.729. The molecule has 2 atom stereocenters. The van der Waals surface area contributed by atoms with Gasteiger partial charge in [-0.15, -0.1) is 0 Å². The molecule has 0 radical (unpaired) electrons. The minimum atomic E-state index is -0.196. The first-order valence-electron chi connectivity index (χ1n) is 4.53. The van der Waals surface area contributed by atoms with Crippen molar-refractivity contribution in [3.8, 4) is 5.75 Å². The van der Waals surface area contributed by atoms with Crippen molar-refractivity contribution in [1.82, 2.24) is 0 Å². The van der Waals surface area contributed by atoms with E-state index in [4.69, 9.17) is 27.2 Å². The largest absolute Gasteiger partial charge is 0.488 e. The molecule has 14 heavy (non-hydrogen) atoms. The molecule has 0 aliphatic carbocycles. The lowest BCUT2D eigenvalue weighted by Gasteiger charge is -2.29. The molecule has 0 amide bonds. The maximum absolute atomic E-state index is 8.98. The average molecular weight is 214 g/mol. The van der Waals surface area contributed by atoms with Crippen LogP contribution in [-0.4, -0.2) is 17.8 Å². The molecule has 3 N–H and O–H groups in total. The normalized spacial score (nSPS) is 25.4.